The van der Waals surface area contributed by atoms with E-state index in [1.165, 1.54) is 11.8 Å². The van der Waals surface area contributed by atoms with Crippen molar-refractivity contribution in [1.29, 1.82) is 0 Å². The van der Waals surface area contributed by atoms with Crippen LogP contribution in [0.4, 0.5) is 0 Å². The van der Waals surface area contributed by atoms with Gasteiger partial charge in [-0.1, -0.05) is 26.0 Å². The molecule has 0 aliphatic carbocycles. The molecule has 0 fully saturated rings. The molecule has 2 N–H and O–H groups in total. The molecule has 0 aromatic heterocycles. The number of hydrazone groups is 1. The van der Waals surface area contributed by atoms with Crippen LogP contribution >= 0.6 is 31.9 Å². The highest BCUT2D eigenvalue weighted by atomic mass is 79.9. The van der Waals surface area contributed by atoms with Gasteiger partial charge in [0.1, 0.15) is 5.75 Å². The van der Waals surface area contributed by atoms with E-state index < -0.39 is 0 Å². The van der Waals surface area contributed by atoms with E-state index >= 15 is 0 Å². The molecule has 0 aliphatic rings. The topological polar surface area (TPSA) is 80.2 Å². The minimum atomic E-state index is -0.383. The summed E-state index contributed by atoms with van der Waals surface area (Å²) in [5, 5.41) is 14.0. The molecule has 6 nitrogen and oxygen atoms in total. The zero-order valence-corrected chi connectivity index (χ0v) is 19.7. The summed E-state index contributed by atoms with van der Waals surface area (Å²) >= 11 is 6.67. The number of nitrogens with one attached hydrogen (secondary N) is 1. The number of phenols is 1. The second-order valence-electron chi connectivity index (χ2n) is 6.33. The van der Waals surface area contributed by atoms with E-state index in [1.807, 2.05) is 31.2 Å². The van der Waals surface area contributed by atoms with Gasteiger partial charge >= 0.3 is 0 Å². The minimum absolute atomic E-state index is 0.00680. The van der Waals surface area contributed by atoms with Gasteiger partial charge < -0.3 is 14.6 Å². The van der Waals surface area contributed by atoms with Crippen LogP contribution in [0.5, 0.6) is 17.2 Å². The Hall–Kier alpha value is -2.06. The number of rotatable bonds is 9. The predicted octanol–water partition coefficient (Wildman–Crippen LogP) is 5.36. The molecule has 1 amide bonds. The number of hydrogen-bond donors (Lipinski definition) is 2. The molecule has 1 atom stereocenters. The van der Waals surface area contributed by atoms with E-state index in [4.69, 9.17) is 9.47 Å². The Morgan fingerprint density at radius 1 is 1.21 bits per heavy atom. The van der Waals surface area contributed by atoms with Crippen molar-refractivity contribution in [1.82, 2.24) is 5.43 Å². The number of ether oxygens (including phenoxy) is 2. The van der Waals surface area contributed by atoms with E-state index in [2.05, 4.69) is 56.2 Å². The molecule has 0 radical (unpaired) electrons. The zero-order chi connectivity index (χ0) is 21.4. The molecule has 8 heteroatoms. The lowest BCUT2D eigenvalue weighted by Crippen LogP contribution is -2.24. The highest BCUT2D eigenvalue weighted by Gasteiger charge is 2.14. The quantitative estimate of drug-likeness (QED) is 0.340. The first-order valence-electron chi connectivity index (χ1n) is 9.25. The van der Waals surface area contributed by atoms with Gasteiger partial charge in [0.2, 0.25) is 0 Å². The van der Waals surface area contributed by atoms with Crippen molar-refractivity contribution < 1.29 is 19.4 Å². The van der Waals surface area contributed by atoms with Gasteiger partial charge in [-0.2, -0.15) is 5.10 Å². The van der Waals surface area contributed by atoms with Crippen LogP contribution in [-0.2, 0) is 4.79 Å². The maximum Gasteiger partial charge on any atom is 0.277 e. The molecular weight excluding hydrogens is 504 g/mol. The first-order chi connectivity index (χ1) is 13.9. The lowest BCUT2D eigenvalue weighted by atomic mass is 9.99. The molecule has 0 spiro atoms. The van der Waals surface area contributed by atoms with Gasteiger partial charge in [-0.15, -0.1) is 0 Å². The Bertz CT molecular complexity index is 870. The van der Waals surface area contributed by atoms with Crippen molar-refractivity contribution in [3.05, 3.63) is 50.4 Å². The van der Waals surface area contributed by atoms with E-state index in [9.17, 15) is 9.90 Å². The van der Waals surface area contributed by atoms with Gasteiger partial charge in [-0.3, -0.25) is 4.79 Å². The second-order valence-corrected chi connectivity index (χ2v) is 7.92. The summed E-state index contributed by atoms with van der Waals surface area (Å²) in [6, 6.07) is 9.36. The van der Waals surface area contributed by atoms with Crippen molar-refractivity contribution in [3.63, 3.8) is 0 Å². The van der Waals surface area contributed by atoms with Gasteiger partial charge in [0.25, 0.3) is 5.91 Å². The van der Waals surface area contributed by atoms with Crippen LogP contribution < -0.4 is 14.9 Å². The number of amides is 1. The van der Waals surface area contributed by atoms with E-state index in [-0.39, 0.29) is 18.3 Å². The van der Waals surface area contributed by atoms with Crippen LogP contribution in [0.15, 0.2) is 44.4 Å². The monoisotopic (exact) mass is 526 g/mol. The first-order valence-corrected chi connectivity index (χ1v) is 10.8. The van der Waals surface area contributed by atoms with Gasteiger partial charge in [0, 0.05) is 10.0 Å². The highest BCUT2D eigenvalue weighted by Crippen LogP contribution is 2.41. The van der Waals surface area contributed by atoms with Crippen LogP contribution in [0.2, 0.25) is 0 Å². The van der Waals surface area contributed by atoms with Crippen molar-refractivity contribution in [2.24, 2.45) is 5.10 Å². The lowest BCUT2D eigenvalue weighted by Gasteiger charge is -2.11. The van der Waals surface area contributed by atoms with Crippen LogP contribution in [0.1, 0.15) is 44.2 Å². The Kier molecular flexibility index (Phi) is 8.98. The first kappa shape index (κ1) is 23.2. The Labute approximate surface area is 187 Å². The number of phenolic OH excluding ortho intramolecular Hbond substituents is 1. The molecule has 0 heterocycles. The van der Waals surface area contributed by atoms with Crippen LogP contribution in [0.25, 0.3) is 0 Å². The van der Waals surface area contributed by atoms with Crippen molar-refractivity contribution in [2.45, 2.75) is 33.1 Å². The fraction of sp³-hybridized carbons (Fsp3) is 0.333. The molecule has 0 saturated carbocycles. The third-order valence-electron chi connectivity index (χ3n) is 4.30. The number of hydrogen-bond acceptors (Lipinski definition) is 5. The number of carbonyl (C=O) groups is 1. The molecule has 0 aliphatic heterocycles. The van der Waals surface area contributed by atoms with Crippen molar-refractivity contribution in [2.75, 3.05) is 13.2 Å². The summed E-state index contributed by atoms with van der Waals surface area (Å²) in [4.78, 5) is 12.0. The summed E-state index contributed by atoms with van der Waals surface area (Å²) in [5.41, 5.74) is 4.29. The summed E-state index contributed by atoms with van der Waals surface area (Å²) < 4.78 is 11.9. The molecule has 156 valence electrons. The van der Waals surface area contributed by atoms with E-state index in [0.29, 0.717) is 38.5 Å². The van der Waals surface area contributed by atoms with Gasteiger partial charge in [0.05, 0.1) is 17.3 Å². The summed E-state index contributed by atoms with van der Waals surface area (Å²) in [6.07, 6.45) is 2.52. The van der Waals surface area contributed by atoms with Crippen molar-refractivity contribution >= 4 is 44.0 Å². The second kappa shape index (κ2) is 11.2. The van der Waals surface area contributed by atoms with E-state index in [0.717, 1.165) is 6.42 Å². The average molecular weight is 528 g/mol. The van der Waals surface area contributed by atoms with Gasteiger partial charge in [-0.05, 0) is 74.9 Å². The summed E-state index contributed by atoms with van der Waals surface area (Å²) in [5.74, 6) is 1.05. The smallest absolute Gasteiger partial charge is 0.277 e. The summed E-state index contributed by atoms with van der Waals surface area (Å²) in [7, 11) is 0. The van der Waals surface area contributed by atoms with Crippen LogP contribution in [-0.4, -0.2) is 30.4 Å². The molecule has 0 bridgehead atoms. The minimum Gasteiger partial charge on any atom is -0.503 e. The Morgan fingerprint density at radius 3 is 2.52 bits per heavy atom. The standard InChI is InChI=1S/C21H24Br2N2O4/c1-4-13(3)14-6-8-16(9-7-14)29-12-18(26)25-24-11-15-10-17(28-5-2)21(27)20(23)19(15)22/h6-11,13,27H,4-5,12H2,1-3H3,(H,25,26)/b24-11-/t13-/m1/s1. The predicted molar refractivity (Wildman–Crippen MR) is 121 cm³/mol. The maximum absolute atomic E-state index is 12.0. The molecule has 2 rings (SSSR count). The third kappa shape index (κ3) is 6.47. The normalized spacial score (nSPS) is 12.0. The van der Waals surface area contributed by atoms with Crippen LogP contribution in [0, 0.1) is 0 Å². The van der Waals surface area contributed by atoms with Crippen molar-refractivity contribution in [3.8, 4) is 17.2 Å². The molecule has 0 unspecified atom stereocenters. The maximum atomic E-state index is 12.0. The number of carbonyl (C=O) groups excluding carboxylic acids is 1. The number of aromatic hydroxyl groups is 1. The fourth-order valence-corrected chi connectivity index (χ4v) is 3.28. The fourth-order valence-electron chi connectivity index (χ4n) is 2.45. The SMILES string of the molecule is CCOc1cc(/C=N\NC(=O)COc2ccc([C@H](C)CC)cc2)c(Br)c(Br)c1O. The summed E-state index contributed by atoms with van der Waals surface area (Å²) in [6.45, 7) is 6.40. The van der Waals surface area contributed by atoms with Gasteiger partial charge in [0.15, 0.2) is 18.1 Å². The largest absolute Gasteiger partial charge is 0.503 e. The average Bonchev–Trinajstić information content (AvgIpc) is 2.73. The molecule has 29 heavy (non-hydrogen) atoms. The lowest BCUT2D eigenvalue weighted by molar-refractivity contribution is -0.123. The molecule has 0 saturated heterocycles. The highest BCUT2D eigenvalue weighted by molar-refractivity contribution is 9.13. The number of nitrogens with zero attached hydrogens (tertiary/aromatic N) is 1. The third-order valence-corrected chi connectivity index (χ3v) is 6.46. The van der Waals surface area contributed by atoms with Gasteiger partial charge in [-0.25, -0.2) is 5.43 Å². The Morgan fingerprint density at radius 2 is 1.90 bits per heavy atom. The Balaban J connectivity index is 1.93. The number of halogens is 2. The molecule has 2 aromatic rings. The zero-order valence-electron chi connectivity index (χ0n) is 16.5. The van der Waals surface area contributed by atoms with E-state index in [1.54, 1.807) is 6.07 Å². The van der Waals surface area contributed by atoms with Crippen LogP contribution in [0.3, 0.4) is 0 Å². The molecule has 2 aromatic carbocycles. The molecular formula is C21H24Br2N2O4. The number of benzene rings is 2.